The van der Waals surface area contributed by atoms with Crippen LogP contribution >= 0.6 is 23.2 Å². The molecule has 0 heterocycles. The van der Waals surface area contributed by atoms with Crippen LogP contribution in [0.2, 0.25) is 10.0 Å². The maximum atomic E-state index is 11.0. The minimum Gasteiger partial charge on any atom is -0.359 e. The van der Waals surface area contributed by atoms with Crippen molar-refractivity contribution in [2.24, 2.45) is 5.14 Å². The molecule has 6 nitrogen and oxygen atoms in total. The molecule has 0 radical (unpaired) electrons. The van der Waals surface area contributed by atoms with Crippen LogP contribution in [0.25, 0.3) is 0 Å². The molecule has 20 heavy (non-hydrogen) atoms. The predicted octanol–water partition coefficient (Wildman–Crippen LogP) is 2.26. The third-order valence-electron chi connectivity index (χ3n) is 2.37. The van der Waals surface area contributed by atoms with Gasteiger partial charge in [-0.3, -0.25) is 4.18 Å². The van der Waals surface area contributed by atoms with E-state index in [0.29, 0.717) is 10.6 Å². The highest BCUT2D eigenvalue weighted by Gasteiger charge is 2.27. The fraction of sp³-hybridized carbons (Fsp3) is 0.455. The molecule has 0 amide bonds. The van der Waals surface area contributed by atoms with E-state index in [4.69, 9.17) is 42.0 Å². The molecule has 0 fully saturated rings. The van der Waals surface area contributed by atoms with Gasteiger partial charge in [0, 0.05) is 12.7 Å². The monoisotopic (exact) mass is 343 g/mol. The summed E-state index contributed by atoms with van der Waals surface area (Å²) in [5.74, 6) is 0. The van der Waals surface area contributed by atoms with Gasteiger partial charge in [0.25, 0.3) is 0 Å². The molecule has 9 heteroatoms. The topological polar surface area (TPSA) is 87.8 Å². The SMILES string of the molecule is COCO[C@@H](c1cccc(Cl)c1Cl)[C@H](C)OS(N)(=O)=O. The van der Waals surface area contributed by atoms with Crippen LogP contribution in [0, 0.1) is 0 Å². The van der Waals surface area contributed by atoms with Crippen molar-refractivity contribution in [2.45, 2.75) is 19.1 Å². The van der Waals surface area contributed by atoms with Crippen LogP contribution in [0.15, 0.2) is 18.2 Å². The summed E-state index contributed by atoms with van der Waals surface area (Å²) < 4.78 is 37.0. The van der Waals surface area contributed by atoms with Crippen LogP contribution < -0.4 is 5.14 Å². The zero-order chi connectivity index (χ0) is 15.3. The second-order valence-corrected chi connectivity index (χ2v) is 5.89. The van der Waals surface area contributed by atoms with Gasteiger partial charge in [0.05, 0.1) is 10.0 Å². The smallest absolute Gasteiger partial charge is 0.333 e. The molecule has 114 valence electrons. The lowest BCUT2D eigenvalue weighted by atomic mass is 10.1. The maximum absolute atomic E-state index is 11.0. The second-order valence-electron chi connectivity index (χ2n) is 3.93. The Hall–Kier alpha value is -0.410. The Morgan fingerprint density at radius 3 is 2.55 bits per heavy atom. The summed E-state index contributed by atoms with van der Waals surface area (Å²) in [6.07, 6.45) is -1.71. The van der Waals surface area contributed by atoms with Crippen molar-refractivity contribution in [3.8, 4) is 0 Å². The molecule has 2 atom stereocenters. The molecule has 2 N–H and O–H groups in total. The van der Waals surface area contributed by atoms with E-state index in [9.17, 15) is 8.42 Å². The second kappa shape index (κ2) is 7.56. The summed E-state index contributed by atoms with van der Waals surface area (Å²) in [5.41, 5.74) is 0.479. The van der Waals surface area contributed by atoms with Gasteiger partial charge in [-0.15, -0.1) is 0 Å². The highest BCUT2D eigenvalue weighted by atomic mass is 35.5. The van der Waals surface area contributed by atoms with E-state index in [0.717, 1.165) is 0 Å². The summed E-state index contributed by atoms with van der Waals surface area (Å²) in [6, 6.07) is 4.92. The molecule has 0 aliphatic rings. The van der Waals surface area contributed by atoms with Gasteiger partial charge in [-0.25, -0.2) is 5.14 Å². The van der Waals surface area contributed by atoms with E-state index in [-0.39, 0.29) is 11.8 Å². The molecule has 0 saturated heterocycles. The number of benzene rings is 1. The first-order chi connectivity index (χ1) is 9.26. The Morgan fingerprint density at radius 1 is 1.35 bits per heavy atom. The van der Waals surface area contributed by atoms with E-state index in [2.05, 4.69) is 0 Å². The predicted molar refractivity (Wildman–Crippen MR) is 75.8 cm³/mol. The first kappa shape index (κ1) is 17.6. The van der Waals surface area contributed by atoms with Crippen molar-refractivity contribution < 1.29 is 22.1 Å². The third kappa shape index (κ3) is 5.17. The highest BCUT2D eigenvalue weighted by Crippen LogP contribution is 2.34. The Labute approximate surface area is 128 Å². The fourth-order valence-corrected chi connectivity index (χ4v) is 2.56. The zero-order valence-corrected chi connectivity index (χ0v) is 13.2. The van der Waals surface area contributed by atoms with Crippen LogP contribution in [0.1, 0.15) is 18.6 Å². The number of methoxy groups -OCH3 is 1. The highest BCUT2D eigenvalue weighted by molar-refractivity contribution is 7.84. The van der Waals surface area contributed by atoms with E-state index in [1.54, 1.807) is 18.2 Å². The van der Waals surface area contributed by atoms with Gasteiger partial charge < -0.3 is 9.47 Å². The van der Waals surface area contributed by atoms with Crippen molar-refractivity contribution in [3.05, 3.63) is 33.8 Å². The van der Waals surface area contributed by atoms with E-state index in [1.165, 1.54) is 14.0 Å². The first-order valence-corrected chi connectivity index (χ1v) is 7.74. The molecule has 1 aromatic carbocycles. The van der Waals surface area contributed by atoms with Gasteiger partial charge in [0.1, 0.15) is 19.0 Å². The number of halogens is 2. The molecular weight excluding hydrogens is 329 g/mol. The molecule has 0 unspecified atom stereocenters. The standard InChI is InChI=1S/C11H15Cl2NO5S/c1-7(19-20(14,15)16)11(18-6-17-2)8-4-3-5-9(12)10(8)13/h3-5,7,11H,6H2,1-2H3,(H2,14,15,16)/t7-,11+/m0/s1. The lowest BCUT2D eigenvalue weighted by Crippen LogP contribution is -2.29. The number of rotatable bonds is 7. The first-order valence-electron chi connectivity index (χ1n) is 5.51. The minimum atomic E-state index is -4.12. The summed E-state index contributed by atoms with van der Waals surface area (Å²) in [5, 5.41) is 5.42. The fourth-order valence-electron chi connectivity index (χ4n) is 1.62. The molecule has 0 aliphatic carbocycles. The molecule has 0 aromatic heterocycles. The van der Waals surface area contributed by atoms with Gasteiger partial charge in [-0.1, -0.05) is 35.3 Å². The summed E-state index contributed by atoms with van der Waals surface area (Å²) in [7, 11) is -2.69. The Balaban J connectivity index is 3.08. The van der Waals surface area contributed by atoms with Gasteiger partial charge >= 0.3 is 10.3 Å². The lowest BCUT2D eigenvalue weighted by molar-refractivity contribution is -0.104. The Morgan fingerprint density at radius 2 is 2.00 bits per heavy atom. The molecule has 0 aliphatic heterocycles. The van der Waals surface area contributed by atoms with E-state index in [1.807, 2.05) is 0 Å². The van der Waals surface area contributed by atoms with E-state index < -0.39 is 22.5 Å². The number of ether oxygens (including phenoxy) is 2. The van der Waals surface area contributed by atoms with Crippen LogP contribution in [-0.4, -0.2) is 28.4 Å². The quantitative estimate of drug-likeness (QED) is 0.767. The zero-order valence-electron chi connectivity index (χ0n) is 10.9. The number of nitrogens with two attached hydrogens (primary N) is 1. The molecular formula is C11H15Cl2NO5S. The van der Waals surface area contributed by atoms with Crippen molar-refractivity contribution in [1.82, 2.24) is 0 Å². The van der Waals surface area contributed by atoms with Gasteiger partial charge in [0.2, 0.25) is 0 Å². The van der Waals surface area contributed by atoms with Crippen LogP contribution in [-0.2, 0) is 24.0 Å². The number of hydrogen-bond acceptors (Lipinski definition) is 5. The Bertz CT molecular complexity index is 552. The number of hydrogen-bond donors (Lipinski definition) is 1. The van der Waals surface area contributed by atoms with E-state index >= 15 is 0 Å². The molecule has 0 bridgehead atoms. The van der Waals surface area contributed by atoms with Crippen LogP contribution in [0.4, 0.5) is 0 Å². The summed E-state index contributed by atoms with van der Waals surface area (Å²) >= 11 is 12.0. The largest absolute Gasteiger partial charge is 0.359 e. The van der Waals surface area contributed by atoms with Crippen LogP contribution in [0.3, 0.4) is 0 Å². The minimum absolute atomic E-state index is 0.0776. The molecule has 0 saturated carbocycles. The average Bonchev–Trinajstić information content (AvgIpc) is 2.32. The van der Waals surface area contributed by atoms with Gasteiger partial charge in [-0.05, 0) is 13.0 Å². The lowest BCUT2D eigenvalue weighted by Gasteiger charge is -2.24. The molecule has 1 aromatic rings. The Kier molecular flexibility index (Phi) is 6.67. The normalized spacial score (nSPS) is 15.1. The van der Waals surface area contributed by atoms with Crippen molar-refractivity contribution in [3.63, 3.8) is 0 Å². The maximum Gasteiger partial charge on any atom is 0.333 e. The van der Waals surface area contributed by atoms with Crippen molar-refractivity contribution in [2.75, 3.05) is 13.9 Å². The van der Waals surface area contributed by atoms with Gasteiger partial charge in [0.15, 0.2) is 0 Å². The van der Waals surface area contributed by atoms with Crippen molar-refractivity contribution >= 4 is 33.5 Å². The van der Waals surface area contributed by atoms with Crippen molar-refractivity contribution in [1.29, 1.82) is 0 Å². The molecule has 1 rings (SSSR count). The molecule has 0 spiro atoms. The summed E-state index contributed by atoms with van der Waals surface area (Å²) in [6.45, 7) is 1.41. The van der Waals surface area contributed by atoms with Gasteiger partial charge in [-0.2, -0.15) is 8.42 Å². The summed E-state index contributed by atoms with van der Waals surface area (Å²) in [4.78, 5) is 0. The third-order valence-corrected chi connectivity index (χ3v) is 3.77. The average molecular weight is 344 g/mol. The van der Waals surface area contributed by atoms with Crippen LogP contribution in [0.5, 0.6) is 0 Å².